The summed E-state index contributed by atoms with van der Waals surface area (Å²) in [7, 11) is 3.12. The number of thiazole rings is 1. The summed E-state index contributed by atoms with van der Waals surface area (Å²) in [6.07, 6.45) is 4.04. The highest BCUT2D eigenvalue weighted by molar-refractivity contribution is 9.09. The van der Waals surface area contributed by atoms with Crippen molar-refractivity contribution in [3.63, 3.8) is 0 Å². The lowest BCUT2D eigenvalue weighted by Crippen LogP contribution is -1.99. The molecular formula is C27H23BrClF2N3O2S2. The summed E-state index contributed by atoms with van der Waals surface area (Å²) in [5.41, 5.74) is 3.04. The highest BCUT2D eigenvalue weighted by atomic mass is 79.9. The monoisotopic (exact) mass is 637 g/mol. The van der Waals surface area contributed by atoms with E-state index in [0.29, 0.717) is 44.0 Å². The number of hydrogen-bond donors (Lipinski definition) is 0. The fourth-order valence-electron chi connectivity index (χ4n) is 3.76. The molecule has 198 valence electrons. The van der Waals surface area contributed by atoms with Gasteiger partial charge in [0.2, 0.25) is 4.96 Å². The standard InChI is InChI=1S/C27H23BrClF2N3O2S2/c1-4-22(35-2)23(36-3)12-16(14-28)13-24-25(17-8-10-18(30)11-9-17)34-26(32-33-27(34)38-24)37-15-19-20(29)6-5-7-21(19)31/h4-12H,1,13-15H2,2-3H3. The Morgan fingerprint density at radius 1 is 1.13 bits per heavy atom. The predicted octanol–water partition coefficient (Wildman–Crippen LogP) is 8.24. The van der Waals surface area contributed by atoms with Gasteiger partial charge in [-0.2, -0.15) is 0 Å². The Labute approximate surface area is 241 Å². The van der Waals surface area contributed by atoms with Gasteiger partial charge in [0.25, 0.3) is 0 Å². The SMILES string of the molecule is C=CC(OC)=C(C=C(CBr)Cc1sc2nnc(SCc3c(F)cccc3Cl)n2c1-c1ccc(F)cc1)OC. The lowest BCUT2D eigenvalue weighted by atomic mass is 10.1. The van der Waals surface area contributed by atoms with Gasteiger partial charge in [-0.05, 0) is 54.1 Å². The molecule has 0 fully saturated rings. The first kappa shape index (κ1) is 28.4. The third kappa shape index (κ3) is 6.14. The Hall–Kier alpha value is -2.66. The number of benzene rings is 2. The number of alkyl halides is 1. The maximum atomic E-state index is 14.4. The molecule has 0 spiro atoms. The van der Waals surface area contributed by atoms with Crippen LogP contribution in [0.3, 0.4) is 0 Å². The van der Waals surface area contributed by atoms with Crippen LogP contribution in [0.2, 0.25) is 5.02 Å². The van der Waals surface area contributed by atoms with Crippen LogP contribution in [-0.2, 0) is 21.6 Å². The van der Waals surface area contributed by atoms with Crippen molar-refractivity contribution in [3.8, 4) is 11.3 Å². The van der Waals surface area contributed by atoms with Crippen molar-refractivity contribution in [2.45, 2.75) is 17.3 Å². The van der Waals surface area contributed by atoms with Gasteiger partial charge in [-0.25, -0.2) is 8.78 Å². The van der Waals surface area contributed by atoms with Gasteiger partial charge in [-0.1, -0.05) is 68.8 Å². The molecule has 2 heterocycles. The molecule has 0 aliphatic rings. The molecule has 0 bridgehead atoms. The predicted molar refractivity (Wildman–Crippen MR) is 154 cm³/mol. The average molecular weight is 639 g/mol. The summed E-state index contributed by atoms with van der Waals surface area (Å²) in [6.45, 7) is 3.78. The summed E-state index contributed by atoms with van der Waals surface area (Å²) >= 11 is 12.6. The third-order valence-electron chi connectivity index (χ3n) is 5.59. The van der Waals surface area contributed by atoms with Crippen molar-refractivity contribution in [1.82, 2.24) is 14.6 Å². The normalized spacial score (nSPS) is 12.5. The number of hydrogen-bond acceptors (Lipinski definition) is 6. The highest BCUT2D eigenvalue weighted by Gasteiger charge is 2.21. The van der Waals surface area contributed by atoms with Gasteiger partial charge < -0.3 is 9.47 Å². The topological polar surface area (TPSA) is 48.7 Å². The van der Waals surface area contributed by atoms with E-state index in [-0.39, 0.29) is 17.4 Å². The molecule has 0 aliphatic heterocycles. The van der Waals surface area contributed by atoms with Crippen molar-refractivity contribution >= 4 is 55.6 Å². The van der Waals surface area contributed by atoms with Gasteiger partial charge in [0.05, 0.1) is 19.9 Å². The Morgan fingerprint density at radius 2 is 1.87 bits per heavy atom. The van der Waals surface area contributed by atoms with Crippen molar-refractivity contribution in [2.75, 3.05) is 19.5 Å². The molecule has 4 aromatic rings. The first-order valence-corrected chi connectivity index (χ1v) is 14.6. The number of allylic oxidation sites excluding steroid dienone is 3. The van der Waals surface area contributed by atoms with Crippen LogP contribution >= 0.6 is 50.6 Å². The second-order valence-electron chi connectivity index (χ2n) is 7.92. The second kappa shape index (κ2) is 12.9. The van der Waals surface area contributed by atoms with E-state index in [1.807, 2.05) is 10.5 Å². The maximum Gasteiger partial charge on any atom is 0.217 e. The van der Waals surface area contributed by atoms with Gasteiger partial charge in [0, 0.05) is 33.0 Å². The molecule has 0 radical (unpaired) electrons. The van der Waals surface area contributed by atoms with E-state index in [1.165, 1.54) is 41.3 Å². The molecule has 2 aromatic carbocycles. The minimum absolute atomic E-state index is 0.274. The Bertz CT molecular complexity index is 1500. The van der Waals surface area contributed by atoms with E-state index in [1.54, 1.807) is 44.6 Å². The Balaban J connectivity index is 1.79. The Morgan fingerprint density at radius 3 is 2.50 bits per heavy atom. The summed E-state index contributed by atoms with van der Waals surface area (Å²) in [4.78, 5) is 1.66. The number of rotatable bonds is 11. The smallest absolute Gasteiger partial charge is 0.217 e. The maximum absolute atomic E-state index is 14.4. The van der Waals surface area contributed by atoms with Crippen LogP contribution in [0.5, 0.6) is 0 Å². The van der Waals surface area contributed by atoms with Crippen molar-refractivity contribution < 1.29 is 18.3 Å². The summed E-state index contributed by atoms with van der Waals surface area (Å²) in [6, 6.07) is 10.9. The molecule has 2 aromatic heterocycles. The number of aromatic nitrogens is 3. The molecule has 4 rings (SSSR count). The summed E-state index contributed by atoms with van der Waals surface area (Å²) in [5, 5.41) is 10.2. The van der Waals surface area contributed by atoms with Gasteiger partial charge in [-0.3, -0.25) is 4.40 Å². The molecule has 0 unspecified atom stereocenters. The fourth-order valence-corrected chi connectivity index (χ4v) is 6.59. The summed E-state index contributed by atoms with van der Waals surface area (Å²) < 4.78 is 41.0. The largest absolute Gasteiger partial charge is 0.493 e. The van der Waals surface area contributed by atoms with E-state index in [2.05, 4.69) is 32.7 Å². The molecule has 5 nitrogen and oxygen atoms in total. The first-order chi connectivity index (χ1) is 18.4. The van der Waals surface area contributed by atoms with Gasteiger partial charge >= 0.3 is 0 Å². The van der Waals surface area contributed by atoms with E-state index in [0.717, 1.165) is 21.7 Å². The zero-order valence-corrected chi connectivity index (χ0v) is 24.5. The highest BCUT2D eigenvalue weighted by Crippen LogP contribution is 2.38. The van der Waals surface area contributed by atoms with Crippen LogP contribution in [-0.4, -0.2) is 34.1 Å². The van der Waals surface area contributed by atoms with Crippen molar-refractivity contribution in [3.05, 3.63) is 105 Å². The molecule has 11 heteroatoms. The average Bonchev–Trinajstić information content (AvgIpc) is 3.47. The number of fused-ring (bicyclic) bond motifs is 1. The number of halogens is 4. The molecule has 0 atom stereocenters. The van der Waals surface area contributed by atoms with Gasteiger partial charge in [0.1, 0.15) is 11.6 Å². The van der Waals surface area contributed by atoms with Crippen LogP contribution in [0.4, 0.5) is 8.78 Å². The van der Waals surface area contributed by atoms with Gasteiger partial charge in [-0.15, -0.1) is 10.2 Å². The van der Waals surface area contributed by atoms with Gasteiger partial charge in [0.15, 0.2) is 16.7 Å². The molecule has 0 aliphatic carbocycles. The fraction of sp³-hybridized carbons (Fsp3) is 0.185. The minimum Gasteiger partial charge on any atom is -0.493 e. The zero-order valence-electron chi connectivity index (χ0n) is 20.5. The van der Waals surface area contributed by atoms with Crippen LogP contribution in [0, 0.1) is 11.6 Å². The van der Waals surface area contributed by atoms with Crippen molar-refractivity contribution in [1.29, 1.82) is 0 Å². The second-order valence-corrected chi connectivity index (χ2v) is 10.9. The zero-order chi connectivity index (χ0) is 27.2. The minimum atomic E-state index is -0.375. The first-order valence-electron chi connectivity index (χ1n) is 11.3. The number of ether oxygens (including phenoxy) is 2. The summed E-state index contributed by atoms with van der Waals surface area (Å²) in [5.74, 6) is 0.624. The third-order valence-corrected chi connectivity index (χ3v) is 8.65. The van der Waals surface area contributed by atoms with Crippen LogP contribution < -0.4 is 0 Å². The number of thioether (sulfide) groups is 1. The van der Waals surface area contributed by atoms with Crippen molar-refractivity contribution in [2.24, 2.45) is 0 Å². The lowest BCUT2D eigenvalue weighted by molar-refractivity contribution is 0.241. The van der Waals surface area contributed by atoms with E-state index < -0.39 is 0 Å². The molecule has 0 saturated heterocycles. The number of methoxy groups -OCH3 is 2. The molecule has 0 N–H and O–H groups in total. The molecule has 0 saturated carbocycles. The molecule has 38 heavy (non-hydrogen) atoms. The molecule has 0 amide bonds. The van der Waals surface area contributed by atoms with Crippen LogP contribution in [0.1, 0.15) is 10.4 Å². The van der Waals surface area contributed by atoms with E-state index in [9.17, 15) is 8.78 Å². The molecular weight excluding hydrogens is 616 g/mol. The lowest BCUT2D eigenvalue weighted by Gasteiger charge is -2.11. The van der Waals surface area contributed by atoms with E-state index >= 15 is 0 Å². The quantitative estimate of drug-likeness (QED) is 0.0717. The van der Waals surface area contributed by atoms with Crippen LogP contribution in [0.25, 0.3) is 16.2 Å². The van der Waals surface area contributed by atoms with E-state index in [4.69, 9.17) is 21.1 Å². The number of nitrogens with zero attached hydrogens (tertiary/aromatic N) is 3. The Kier molecular flexibility index (Phi) is 9.64. The van der Waals surface area contributed by atoms with Crippen LogP contribution in [0.15, 0.2) is 83.4 Å².